The van der Waals surface area contributed by atoms with Crippen molar-refractivity contribution in [1.29, 1.82) is 0 Å². The maximum atomic E-state index is 12.1. The van der Waals surface area contributed by atoms with E-state index in [0.717, 1.165) is 43.4 Å². The molecule has 4 rings (SSSR count). The van der Waals surface area contributed by atoms with E-state index in [9.17, 15) is 4.79 Å². The van der Waals surface area contributed by atoms with Gasteiger partial charge in [0.25, 0.3) is 5.91 Å². The number of nitrogens with one attached hydrogen (secondary N) is 2. The second kappa shape index (κ2) is 8.24. The second-order valence-electron chi connectivity index (χ2n) is 6.25. The monoisotopic (exact) mass is 379 g/mol. The zero-order valence-corrected chi connectivity index (χ0v) is 15.7. The molecule has 1 aromatic heterocycles. The van der Waals surface area contributed by atoms with Crippen LogP contribution < -0.4 is 15.5 Å². The van der Waals surface area contributed by atoms with Crippen molar-refractivity contribution >= 4 is 40.0 Å². The first-order valence-corrected chi connectivity index (χ1v) is 9.81. The quantitative estimate of drug-likeness (QED) is 0.681. The molecule has 1 aliphatic heterocycles. The molecule has 0 saturated carbocycles. The Morgan fingerprint density at radius 2 is 1.67 bits per heavy atom. The summed E-state index contributed by atoms with van der Waals surface area (Å²) in [6, 6.07) is 19.7. The van der Waals surface area contributed by atoms with Gasteiger partial charge in [-0.05, 0) is 47.8 Å². The van der Waals surface area contributed by atoms with Crippen LogP contribution in [0, 0.1) is 0 Å². The van der Waals surface area contributed by atoms with E-state index >= 15 is 0 Å². The van der Waals surface area contributed by atoms with E-state index in [1.54, 1.807) is 0 Å². The summed E-state index contributed by atoms with van der Waals surface area (Å²) in [6.07, 6.45) is 0. The second-order valence-corrected chi connectivity index (χ2v) is 7.20. The zero-order valence-electron chi connectivity index (χ0n) is 14.9. The van der Waals surface area contributed by atoms with Gasteiger partial charge < -0.3 is 20.3 Å². The Kier molecular flexibility index (Phi) is 5.37. The number of hydrogen-bond donors (Lipinski definition) is 2. The summed E-state index contributed by atoms with van der Waals surface area (Å²) in [5.74, 6) is -0.0802. The van der Waals surface area contributed by atoms with Crippen LogP contribution in [0.5, 0.6) is 0 Å². The first kappa shape index (κ1) is 17.6. The molecule has 1 amide bonds. The Bertz CT molecular complexity index is 888. The van der Waals surface area contributed by atoms with Crippen molar-refractivity contribution in [2.24, 2.45) is 0 Å². The zero-order chi connectivity index (χ0) is 18.5. The molecule has 27 heavy (non-hydrogen) atoms. The lowest BCUT2D eigenvalue weighted by atomic mass is 10.2. The molecule has 5 nitrogen and oxygen atoms in total. The molecule has 0 aliphatic carbocycles. The van der Waals surface area contributed by atoms with E-state index in [4.69, 9.17) is 4.74 Å². The van der Waals surface area contributed by atoms with Gasteiger partial charge in [0.1, 0.15) is 0 Å². The molecular weight excluding hydrogens is 358 g/mol. The molecule has 6 heteroatoms. The minimum atomic E-state index is -0.0802. The van der Waals surface area contributed by atoms with Gasteiger partial charge in [0.2, 0.25) is 0 Å². The SMILES string of the molecule is O=C(Nc1ccc(Nc2ccccc2N2CCOCC2)cc1)c1cccs1. The highest BCUT2D eigenvalue weighted by molar-refractivity contribution is 7.12. The fraction of sp³-hybridized carbons (Fsp3) is 0.190. The lowest BCUT2D eigenvalue weighted by molar-refractivity contribution is 0.103. The molecule has 138 valence electrons. The van der Waals surface area contributed by atoms with Gasteiger partial charge in [-0.25, -0.2) is 0 Å². The van der Waals surface area contributed by atoms with Gasteiger partial charge >= 0.3 is 0 Å². The van der Waals surface area contributed by atoms with Crippen molar-refractivity contribution in [1.82, 2.24) is 0 Å². The van der Waals surface area contributed by atoms with Crippen molar-refractivity contribution in [3.05, 3.63) is 70.9 Å². The number of nitrogens with zero attached hydrogens (tertiary/aromatic N) is 1. The number of amides is 1. The number of benzene rings is 2. The highest BCUT2D eigenvalue weighted by atomic mass is 32.1. The number of morpholine rings is 1. The van der Waals surface area contributed by atoms with E-state index < -0.39 is 0 Å². The van der Waals surface area contributed by atoms with Crippen molar-refractivity contribution < 1.29 is 9.53 Å². The summed E-state index contributed by atoms with van der Waals surface area (Å²) >= 11 is 1.43. The summed E-state index contributed by atoms with van der Waals surface area (Å²) in [5, 5.41) is 8.30. The third kappa shape index (κ3) is 4.30. The fourth-order valence-corrected chi connectivity index (χ4v) is 3.67. The first-order chi connectivity index (χ1) is 13.3. The number of para-hydroxylation sites is 2. The molecule has 2 heterocycles. The molecule has 0 unspecified atom stereocenters. The average molecular weight is 379 g/mol. The fourth-order valence-electron chi connectivity index (χ4n) is 3.05. The Labute approximate surface area is 162 Å². The van der Waals surface area contributed by atoms with E-state index in [-0.39, 0.29) is 5.91 Å². The molecule has 3 aromatic rings. The Balaban J connectivity index is 1.45. The van der Waals surface area contributed by atoms with Crippen molar-refractivity contribution in [3.63, 3.8) is 0 Å². The molecule has 0 atom stereocenters. The van der Waals surface area contributed by atoms with Gasteiger partial charge in [0.15, 0.2) is 0 Å². The van der Waals surface area contributed by atoms with Crippen LogP contribution in [0.15, 0.2) is 66.0 Å². The lowest BCUT2D eigenvalue weighted by Gasteiger charge is -2.30. The van der Waals surface area contributed by atoms with Crippen LogP contribution in [0.2, 0.25) is 0 Å². The van der Waals surface area contributed by atoms with Crippen LogP contribution >= 0.6 is 11.3 Å². The molecule has 0 spiro atoms. The van der Waals surface area contributed by atoms with Crippen molar-refractivity contribution in [3.8, 4) is 0 Å². The van der Waals surface area contributed by atoms with Crippen molar-refractivity contribution in [2.45, 2.75) is 0 Å². The van der Waals surface area contributed by atoms with E-state index in [1.807, 2.05) is 47.8 Å². The topological polar surface area (TPSA) is 53.6 Å². The minimum absolute atomic E-state index is 0.0802. The number of anilines is 4. The maximum absolute atomic E-state index is 12.1. The molecule has 1 aliphatic rings. The van der Waals surface area contributed by atoms with Gasteiger partial charge in [0.05, 0.1) is 29.5 Å². The summed E-state index contributed by atoms with van der Waals surface area (Å²) in [6.45, 7) is 3.30. The van der Waals surface area contributed by atoms with Crippen molar-refractivity contribution in [2.75, 3.05) is 41.8 Å². The third-order valence-corrected chi connectivity index (χ3v) is 5.29. The summed E-state index contributed by atoms with van der Waals surface area (Å²) in [7, 11) is 0. The number of ether oxygens (including phenoxy) is 1. The molecule has 2 aromatic carbocycles. The lowest BCUT2D eigenvalue weighted by Crippen LogP contribution is -2.36. The van der Waals surface area contributed by atoms with Crippen LogP contribution in [0.1, 0.15) is 9.67 Å². The number of carbonyl (C=O) groups excluding carboxylic acids is 1. The van der Waals surface area contributed by atoms with Gasteiger partial charge in [-0.1, -0.05) is 18.2 Å². The van der Waals surface area contributed by atoms with E-state index in [0.29, 0.717) is 4.88 Å². The highest BCUT2D eigenvalue weighted by Crippen LogP contribution is 2.29. The highest BCUT2D eigenvalue weighted by Gasteiger charge is 2.14. The molecule has 1 fully saturated rings. The van der Waals surface area contributed by atoms with Crippen LogP contribution in [0.3, 0.4) is 0 Å². The largest absolute Gasteiger partial charge is 0.378 e. The summed E-state index contributed by atoms with van der Waals surface area (Å²) in [5.41, 5.74) is 4.00. The molecular formula is C21H21N3O2S. The Morgan fingerprint density at radius 1 is 0.926 bits per heavy atom. The number of thiophene rings is 1. The number of carbonyl (C=O) groups is 1. The van der Waals surface area contributed by atoms with Crippen LogP contribution in [0.4, 0.5) is 22.7 Å². The standard InChI is InChI=1S/C21H21N3O2S/c25-21(20-6-3-15-27-20)23-17-9-7-16(8-10-17)22-18-4-1-2-5-19(18)24-11-13-26-14-12-24/h1-10,15,22H,11-14H2,(H,23,25). The van der Waals surface area contributed by atoms with Crippen LogP contribution in [0.25, 0.3) is 0 Å². The predicted molar refractivity (Wildman–Crippen MR) is 111 cm³/mol. The number of rotatable bonds is 5. The van der Waals surface area contributed by atoms with Crippen LogP contribution in [-0.4, -0.2) is 32.2 Å². The van der Waals surface area contributed by atoms with E-state index in [1.165, 1.54) is 17.0 Å². The van der Waals surface area contributed by atoms with Gasteiger partial charge in [-0.2, -0.15) is 0 Å². The Morgan fingerprint density at radius 3 is 2.41 bits per heavy atom. The number of hydrogen-bond acceptors (Lipinski definition) is 5. The molecule has 0 radical (unpaired) electrons. The maximum Gasteiger partial charge on any atom is 0.265 e. The molecule has 2 N–H and O–H groups in total. The average Bonchev–Trinajstić information content (AvgIpc) is 3.26. The normalized spacial score (nSPS) is 14.0. The summed E-state index contributed by atoms with van der Waals surface area (Å²) in [4.78, 5) is 15.2. The summed E-state index contributed by atoms with van der Waals surface area (Å²) < 4.78 is 5.46. The molecule has 0 bridgehead atoms. The Hall–Kier alpha value is -2.83. The minimum Gasteiger partial charge on any atom is -0.378 e. The van der Waals surface area contributed by atoms with Crippen LogP contribution in [-0.2, 0) is 4.74 Å². The predicted octanol–water partition coefficient (Wildman–Crippen LogP) is 4.58. The van der Waals surface area contributed by atoms with Gasteiger partial charge in [0, 0.05) is 24.5 Å². The van der Waals surface area contributed by atoms with Gasteiger partial charge in [-0.15, -0.1) is 11.3 Å². The first-order valence-electron chi connectivity index (χ1n) is 8.93. The third-order valence-electron chi connectivity index (χ3n) is 4.42. The smallest absolute Gasteiger partial charge is 0.265 e. The van der Waals surface area contributed by atoms with Gasteiger partial charge in [-0.3, -0.25) is 4.79 Å². The van der Waals surface area contributed by atoms with E-state index in [2.05, 4.69) is 33.7 Å². The molecule has 1 saturated heterocycles.